The number of hydrogen-bond donors (Lipinski definition) is 1. The molecule has 20 heavy (non-hydrogen) atoms. The minimum Gasteiger partial charge on any atom is -0.397 e. The van der Waals surface area contributed by atoms with E-state index in [0.717, 1.165) is 13.1 Å². The summed E-state index contributed by atoms with van der Waals surface area (Å²) in [5.41, 5.74) is 6.70. The summed E-state index contributed by atoms with van der Waals surface area (Å²) in [6, 6.07) is 3.25. The molecule has 0 bridgehead atoms. The van der Waals surface area contributed by atoms with Gasteiger partial charge in [-0.15, -0.1) is 0 Å². The van der Waals surface area contributed by atoms with Gasteiger partial charge in [0.05, 0.1) is 15.7 Å². The number of halogens is 2. The molecule has 1 aromatic rings. The third-order valence-electron chi connectivity index (χ3n) is 3.94. The van der Waals surface area contributed by atoms with E-state index in [2.05, 4.69) is 0 Å². The molecule has 1 amide bonds. The lowest BCUT2D eigenvalue weighted by Gasteiger charge is -2.23. The number of carbonyl (C=O) groups excluding carboxylic acids is 1. The van der Waals surface area contributed by atoms with Crippen LogP contribution >= 0.6 is 23.2 Å². The Morgan fingerprint density at radius 1 is 1.15 bits per heavy atom. The molecular weight excluding hydrogens is 295 g/mol. The molecule has 2 fully saturated rings. The third kappa shape index (κ3) is 3.21. The molecule has 108 valence electrons. The zero-order valence-corrected chi connectivity index (χ0v) is 12.8. The highest BCUT2D eigenvalue weighted by atomic mass is 35.5. The Hall–Kier alpha value is -0.930. The molecular formula is C15H18Cl2N2O. The first-order chi connectivity index (χ1) is 9.54. The van der Waals surface area contributed by atoms with Crippen LogP contribution in [-0.4, -0.2) is 23.9 Å². The molecule has 2 saturated carbocycles. The lowest BCUT2D eigenvalue weighted by molar-refractivity contribution is 0.0739. The first-order valence-electron chi connectivity index (χ1n) is 7.08. The van der Waals surface area contributed by atoms with Crippen molar-refractivity contribution in [1.29, 1.82) is 0 Å². The topological polar surface area (TPSA) is 46.3 Å². The predicted octanol–water partition coefficient (Wildman–Crippen LogP) is 3.84. The van der Waals surface area contributed by atoms with Gasteiger partial charge in [0, 0.05) is 18.7 Å². The second kappa shape index (κ2) is 5.45. The van der Waals surface area contributed by atoms with Crippen molar-refractivity contribution in [2.75, 3.05) is 18.8 Å². The summed E-state index contributed by atoms with van der Waals surface area (Å²) in [5, 5.41) is 0.659. The molecule has 0 aromatic heterocycles. The van der Waals surface area contributed by atoms with E-state index >= 15 is 0 Å². The SMILES string of the molecule is Nc1cc(C(=O)N(CC2CC2)CC2CC2)cc(Cl)c1Cl. The Kier molecular flexibility index (Phi) is 3.83. The predicted molar refractivity (Wildman–Crippen MR) is 82.2 cm³/mol. The van der Waals surface area contributed by atoms with Crippen molar-refractivity contribution in [3.8, 4) is 0 Å². The number of anilines is 1. The van der Waals surface area contributed by atoms with Crippen molar-refractivity contribution in [3.05, 3.63) is 27.7 Å². The van der Waals surface area contributed by atoms with Gasteiger partial charge < -0.3 is 10.6 Å². The lowest BCUT2D eigenvalue weighted by Crippen LogP contribution is -2.34. The maximum absolute atomic E-state index is 12.7. The number of nitrogens with zero attached hydrogens (tertiary/aromatic N) is 1. The highest BCUT2D eigenvalue weighted by Crippen LogP contribution is 2.35. The van der Waals surface area contributed by atoms with Crippen LogP contribution in [0.1, 0.15) is 36.0 Å². The highest BCUT2D eigenvalue weighted by Gasteiger charge is 2.32. The van der Waals surface area contributed by atoms with E-state index in [4.69, 9.17) is 28.9 Å². The summed E-state index contributed by atoms with van der Waals surface area (Å²) in [6.07, 6.45) is 4.94. The first-order valence-corrected chi connectivity index (χ1v) is 7.84. The van der Waals surface area contributed by atoms with Gasteiger partial charge in [-0.2, -0.15) is 0 Å². The molecule has 0 heterocycles. The molecule has 0 saturated heterocycles. The van der Waals surface area contributed by atoms with Gasteiger partial charge in [0.25, 0.3) is 5.91 Å². The van der Waals surface area contributed by atoms with Crippen molar-refractivity contribution in [3.63, 3.8) is 0 Å². The number of hydrogen-bond acceptors (Lipinski definition) is 2. The van der Waals surface area contributed by atoms with Crippen LogP contribution < -0.4 is 5.73 Å². The van der Waals surface area contributed by atoms with Gasteiger partial charge >= 0.3 is 0 Å². The second-order valence-electron chi connectivity index (χ2n) is 5.96. The fourth-order valence-corrected chi connectivity index (χ4v) is 2.72. The Morgan fingerprint density at radius 3 is 2.15 bits per heavy atom. The number of benzene rings is 1. The van der Waals surface area contributed by atoms with Gasteiger partial charge in [-0.1, -0.05) is 23.2 Å². The van der Waals surface area contributed by atoms with Crippen LogP contribution in [0.3, 0.4) is 0 Å². The van der Waals surface area contributed by atoms with E-state index in [0.29, 0.717) is 33.1 Å². The largest absolute Gasteiger partial charge is 0.397 e. The summed E-state index contributed by atoms with van der Waals surface area (Å²) in [7, 11) is 0. The van der Waals surface area contributed by atoms with Crippen molar-refractivity contribution in [2.45, 2.75) is 25.7 Å². The minimum absolute atomic E-state index is 0.0223. The smallest absolute Gasteiger partial charge is 0.254 e. The van der Waals surface area contributed by atoms with E-state index < -0.39 is 0 Å². The van der Waals surface area contributed by atoms with Crippen LogP contribution in [0.15, 0.2) is 12.1 Å². The summed E-state index contributed by atoms with van der Waals surface area (Å²) in [4.78, 5) is 14.6. The van der Waals surface area contributed by atoms with E-state index in [1.165, 1.54) is 25.7 Å². The second-order valence-corrected chi connectivity index (χ2v) is 6.74. The molecule has 1 aromatic carbocycles. The summed E-state index contributed by atoms with van der Waals surface area (Å²) < 4.78 is 0. The van der Waals surface area contributed by atoms with E-state index in [1.54, 1.807) is 12.1 Å². The van der Waals surface area contributed by atoms with Crippen molar-refractivity contribution >= 4 is 34.8 Å². The summed E-state index contributed by atoms with van der Waals surface area (Å²) in [6.45, 7) is 1.71. The van der Waals surface area contributed by atoms with Crippen molar-refractivity contribution in [2.24, 2.45) is 11.8 Å². The van der Waals surface area contributed by atoms with Crippen LogP contribution in [-0.2, 0) is 0 Å². The van der Waals surface area contributed by atoms with Gasteiger partial charge in [-0.05, 0) is 49.7 Å². The maximum atomic E-state index is 12.7. The number of nitrogens with two attached hydrogens (primary N) is 1. The Labute approximate surface area is 129 Å². The molecule has 0 unspecified atom stereocenters. The minimum atomic E-state index is 0.0223. The maximum Gasteiger partial charge on any atom is 0.254 e. The number of amides is 1. The Balaban J connectivity index is 1.79. The lowest BCUT2D eigenvalue weighted by atomic mass is 10.1. The number of carbonyl (C=O) groups is 1. The molecule has 0 aliphatic heterocycles. The van der Waals surface area contributed by atoms with Gasteiger partial charge in [0.2, 0.25) is 0 Å². The highest BCUT2D eigenvalue weighted by molar-refractivity contribution is 6.43. The zero-order valence-electron chi connectivity index (χ0n) is 11.2. The monoisotopic (exact) mass is 312 g/mol. The molecule has 3 nitrogen and oxygen atoms in total. The van der Waals surface area contributed by atoms with Crippen LogP contribution in [0.5, 0.6) is 0 Å². The number of nitrogen functional groups attached to an aromatic ring is 1. The molecule has 3 rings (SSSR count). The molecule has 2 aliphatic carbocycles. The average Bonchev–Trinajstić information content (AvgIpc) is 3.28. The van der Waals surface area contributed by atoms with Crippen molar-refractivity contribution in [1.82, 2.24) is 4.90 Å². The van der Waals surface area contributed by atoms with E-state index in [9.17, 15) is 4.79 Å². The first kappa shape index (κ1) is 14.0. The molecule has 2 N–H and O–H groups in total. The quantitative estimate of drug-likeness (QED) is 0.840. The average molecular weight is 313 g/mol. The normalized spacial score (nSPS) is 18.1. The molecule has 0 atom stereocenters. The number of rotatable bonds is 5. The van der Waals surface area contributed by atoms with Crippen LogP contribution in [0.2, 0.25) is 10.0 Å². The van der Waals surface area contributed by atoms with Gasteiger partial charge in [-0.25, -0.2) is 0 Å². The van der Waals surface area contributed by atoms with E-state index in [1.807, 2.05) is 4.90 Å². The van der Waals surface area contributed by atoms with Gasteiger partial charge in [0.1, 0.15) is 0 Å². The fourth-order valence-electron chi connectivity index (χ4n) is 2.38. The Bertz CT molecular complexity index is 502. The van der Waals surface area contributed by atoms with E-state index in [-0.39, 0.29) is 5.91 Å². The molecule has 0 radical (unpaired) electrons. The van der Waals surface area contributed by atoms with Gasteiger partial charge in [0.15, 0.2) is 0 Å². The fraction of sp³-hybridized carbons (Fsp3) is 0.533. The summed E-state index contributed by atoms with van der Waals surface area (Å²) in [5.74, 6) is 1.38. The van der Waals surface area contributed by atoms with Gasteiger partial charge in [-0.3, -0.25) is 4.79 Å². The Morgan fingerprint density at radius 2 is 1.70 bits per heavy atom. The van der Waals surface area contributed by atoms with Crippen molar-refractivity contribution < 1.29 is 4.79 Å². The molecule has 2 aliphatic rings. The molecule has 0 spiro atoms. The zero-order chi connectivity index (χ0) is 14.3. The van der Waals surface area contributed by atoms with Crippen LogP contribution in [0.4, 0.5) is 5.69 Å². The summed E-state index contributed by atoms with van der Waals surface area (Å²) >= 11 is 12.0. The molecule has 5 heteroatoms. The van der Waals surface area contributed by atoms with Crippen LogP contribution in [0, 0.1) is 11.8 Å². The standard InChI is InChI=1S/C15H18Cl2N2O/c16-12-5-11(6-13(18)14(12)17)15(20)19(7-9-1-2-9)8-10-3-4-10/h5-6,9-10H,1-4,7-8,18H2. The van der Waals surface area contributed by atoms with Crippen LogP contribution in [0.25, 0.3) is 0 Å². The third-order valence-corrected chi connectivity index (χ3v) is 4.76.